The van der Waals surface area contributed by atoms with Gasteiger partial charge in [-0.25, -0.2) is 0 Å². The Balaban J connectivity index is 1.68. The summed E-state index contributed by atoms with van der Waals surface area (Å²) < 4.78 is 5.57. The minimum absolute atomic E-state index is 0.407. The lowest BCUT2D eigenvalue weighted by Gasteiger charge is -2.10. The molecule has 2 N–H and O–H groups in total. The Kier molecular flexibility index (Phi) is 6.36. The lowest BCUT2D eigenvalue weighted by atomic mass is 9.96. The van der Waals surface area contributed by atoms with Crippen molar-refractivity contribution in [1.82, 2.24) is 0 Å². The first-order valence-electron chi connectivity index (χ1n) is 7.75. The molecule has 1 atom stereocenters. The molecule has 0 radical (unpaired) electrons. The molecule has 0 aromatic heterocycles. The third-order valence-electron chi connectivity index (χ3n) is 3.73. The molecule has 0 amide bonds. The third-order valence-corrected chi connectivity index (χ3v) is 3.73. The molecule has 0 aliphatic rings. The SMILES string of the molecule is CC(CC/C=C/COc1ccc(N=O)cc1)c1ccc(N)cc1. The van der Waals surface area contributed by atoms with E-state index in [1.165, 1.54) is 5.56 Å². The molecule has 23 heavy (non-hydrogen) atoms. The van der Waals surface area contributed by atoms with E-state index in [9.17, 15) is 4.91 Å². The number of nitrogen functional groups attached to an aromatic ring is 1. The molecule has 0 aliphatic carbocycles. The Morgan fingerprint density at radius 3 is 2.43 bits per heavy atom. The fourth-order valence-corrected chi connectivity index (χ4v) is 2.27. The van der Waals surface area contributed by atoms with Crippen LogP contribution in [-0.2, 0) is 0 Å². The van der Waals surface area contributed by atoms with E-state index in [1.807, 2.05) is 18.2 Å². The Morgan fingerprint density at radius 2 is 1.78 bits per heavy atom. The van der Waals surface area contributed by atoms with Crippen LogP contribution in [-0.4, -0.2) is 6.61 Å². The number of hydrogen-bond acceptors (Lipinski definition) is 4. The predicted molar refractivity (Wildman–Crippen MR) is 95.0 cm³/mol. The summed E-state index contributed by atoms with van der Waals surface area (Å²) in [6.45, 7) is 2.74. The summed E-state index contributed by atoms with van der Waals surface area (Å²) in [6, 6.07) is 14.8. The molecule has 2 aromatic rings. The van der Waals surface area contributed by atoms with Crippen molar-refractivity contribution in [2.24, 2.45) is 5.18 Å². The van der Waals surface area contributed by atoms with Crippen LogP contribution in [0, 0.1) is 4.91 Å². The zero-order valence-electron chi connectivity index (χ0n) is 13.3. The number of nitrogens with two attached hydrogens (primary N) is 1. The Labute approximate surface area is 137 Å². The molecule has 1 unspecified atom stereocenters. The van der Waals surface area contributed by atoms with Gasteiger partial charge < -0.3 is 10.5 Å². The first-order valence-corrected chi connectivity index (χ1v) is 7.75. The van der Waals surface area contributed by atoms with E-state index in [4.69, 9.17) is 10.5 Å². The van der Waals surface area contributed by atoms with Gasteiger partial charge in [-0.3, -0.25) is 0 Å². The highest BCUT2D eigenvalue weighted by molar-refractivity contribution is 5.41. The van der Waals surface area contributed by atoms with Gasteiger partial charge in [0.05, 0.1) is 0 Å². The van der Waals surface area contributed by atoms with Gasteiger partial charge in [0, 0.05) is 5.69 Å². The Bertz CT molecular complexity index is 633. The summed E-state index contributed by atoms with van der Waals surface area (Å²) >= 11 is 0. The van der Waals surface area contributed by atoms with Crippen molar-refractivity contribution >= 4 is 11.4 Å². The van der Waals surface area contributed by atoms with E-state index >= 15 is 0 Å². The van der Waals surface area contributed by atoms with Crippen molar-refractivity contribution in [2.75, 3.05) is 12.3 Å². The molecule has 0 bridgehead atoms. The number of allylic oxidation sites excluding steroid dienone is 1. The zero-order chi connectivity index (χ0) is 16.5. The third kappa shape index (κ3) is 5.58. The first-order chi connectivity index (χ1) is 11.2. The van der Waals surface area contributed by atoms with Gasteiger partial charge in [0.25, 0.3) is 0 Å². The van der Waals surface area contributed by atoms with Crippen molar-refractivity contribution in [3.8, 4) is 5.75 Å². The van der Waals surface area contributed by atoms with E-state index in [0.717, 1.165) is 24.3 Å². The maximum atomic E-state index is 10.3. The molecule has 0 heterocycles. The topological polar surface area (TPSA) is 64.7 Å². The number of anilines is 1. The smallest absolute Gasteiger partial charge is 0.119 e. The number of hydrogen-bond donors (Lipinski definition) is 1. The molecule has 0 aliphatic heterocycles. The molecule has 120 valence electrons. The van der Waals surface area contributed by atoms with Crippen LogP contribution in [0.5, 0.6) is 5.75 Å². The van der Waals surface area contributed by atoms with E-state index in [0.29, 0.717) is 18.2 Å². The van der Waals surface area contributed by atoms with Crippen molar-refractivity contribution in [2.45, 2.75) is 25.7 Å². The van der Waals surface area contributed by atoms with Crippen LogP contribution < -0.4 is 10.5 Å². The number of rotatable bonds is 8. The summed E-state index contributed by atoms with van der Waals surface area (Å²) in [4.78, 5) is 10.3. The van der Waals surface area contributed by atoms with E-state index in [1.54, 1.807) is 24.3 Å². The standard InChI is InChI=1S/C19H22N2O2/c1-15(16-6-8-17(20)9-7-16)5-3-2-4-14-23-19-12-10-18(21-22)11-13-19/h2,4,6-13,15H,3,5,14,20H2,1H3/b4-2+. The zero-order valence-corrected chi connectivity index (χ0v) is 13.3. The van der Waals surface area contributed by atoms with Crippen LogP contribution in [0.15, 0.2) is 65.9 Å². The monoisotopic (exact) mass is 310 g/mol. The predicted octanol–water partition coefficient (Wildman–Crippen LogP) is 5.19. The van der Waals surface area contributed by atoms with Crippen molar-refractivity contribution < 1.29 is 4.74 Å². The van der Waals surface area contributed by atoms with Crippen LogP contribution >= 0.6 is 0 Å². The van der Waals surface area contributed by atoms with Crippen molar-refractivity contribution in [1.29, 1.82) is 0 Å². The number of ether oxygens (including phenoxy) is 1. The molecule has 4 nitrogen and oxygen atoms in total. The molecule has 0 saturated carbocycles. The van der Waals surface area contributed by atoms with Gasteiger partial charge in [-0.2, -0.15) is 0 Å². The van der Waals surface area contributed by atoms with Crippen LogP contribution in [0.25, 0.3) is 0 Å². The van der Waals surface area contributed by atoms with Crippen LogP contribution in [0.1, 0.15) is 31.2 Å². The second-order valence-electron chi connectivity index (χ2n) is 5.51. The summed E-state index contributed by atoms with van der Waals surface area (Å²) in [5, 5.41) is 2.85. The van der Waals surface area contributed by atoms with Gasteiger partial charge in [-0.05, 0) is 65.9 Å². The molecule has 2 rings (SSSR count). The Morgan fingerprint density at radius 1 is 1.09 bits per heavy atom. The Hall–Kier alpha value is -2.62. The second-order valence-corrected chi connectivity index (χ2v) is 5.51. The number of nitroso groups, excluding NO2 is 1. The molecule has 0 spiro atoms. The lowest BCUT2D eigenvalue weighted by molar-refractivity contribution is 0.362. The maximum Gasteiger partial charge on any atom is 0.119 e. The number of benzene rings is 2. The summed E-state index contributed by atoms with van der Waals surface area (Å²) in [5.74, 6) is 1.24. The van der Waals surface area contributed by atoms with Crippen LogP contribution in [0.4, 0.5) is 11.4 Å². The first kappa shape index (κ1) is 16.7. The van der Waals surface area contributed by atoms with E-state index < -0.39 is 0 Å². The van der Waals surface area contributed by atoms with Gasteiger partial charge >= 0.3 is 0 Å². The van der Waals surface area contributed by atoms with E-state index in [-0.39, 0.29) is 0 Å². The number of nitrogens with zero attached hydrogens (tertiary/aromatic N) is 1. The summed E-state index contributed by atoms with van der Waals surface area (Å²) in [7, 11) is 0. The van der Waals surface area contributed by atoms with Gasteiger partial charge in [0.2, 0.25) is 0 Å². The van der Waals surface area contributed by atoms with Crippen molar-refractivity contribution in [3.63, 3.8) is 0 Å². The fraction of sp³-hybridized carbons (Fsp3) is 0.263. The molecular weight excluding hydrogens is 288 g/mol. The average molecular weight is 310 g/mol. The lowest BCUT2D eigenvalue weighted by Crippen LogP contribution is -1.95. The van der Waals surface area contributed by atoms with Gasteiger partial charge in [-0.15, -0.1) is 4.91 Å². The minimum atomic E-state index is 0.407. The molecule has 4 heteroatoms. The summed E-state index contributed by atoms with van der Waals surface area (Å²) in [6.07, 6.45) is 6.24. The van der Waals surface area contributed by atoms with Gasteiger partial charge in [0.15, 0.2) is 0 Å². The molecule has 0 saturated heterocycles. The van der Waals surface area contributed by atoms with Crippen LogP contribution in [0.3, 0.4) is 0 Å². The highest BCUT2D eigenvalue weighted by Gasteiger charge is 2.03. The maximum absolute atomic E-state index is 10.3. The highest BCUT2D eigenvalue weighted by Crippen LogP contribution is 2.22. The molecule has 2 aromatic carbocycles. The van der Waals surface area contributed by atoms with Crippen molar-refractivity contribution in [3.05, 3.63) is 71.2 Å². The largest absolute Gasteiger partial charge is 0.490 e. The second kappa shape index (κ2) is 8.73. The van der Waals surface area contributed by atoms with Gasteiger partial charge in [0.1, 0.15) is 18.0 Å². The van der Waals surface area contributed by atoms with Gasteiger partial charge in [-0.1, -0.05) is 31.2 Å². The quantitative estimate of drug-likeness (QED) is 0.415. The van der Waals surface area contributed by atoms with E-state index in [2.05, 4.69) is 30.3 Å². The minimum Gasteiger partial charge on any atom is -0.490 e. The fourth-order valence-electron chi connectivity index (χ4n) is 2.27. The molecular formula is C19H22N2O2. The normalized spacial score (nSPS) is 12.2. The summed E-state index contributed by atoms with van der Waals surface area (Å²) in [5.41, 5.74) is 8.22. The molecule has 0 fully saturated rings. The average Bonchev–Trinajstić information content (AvgIpc) is 2.59. The highest BCUT2D eigenvalue weighted by atomic mass is 16.5. The van der Waals surface area contributed by atoms with Crippen LogP contribution in [0.2, 0.25) is 0 Å².